The van der Waals surface area contributed by atoms with Gasteiger partial charge in [-0.25, -0.2) is 5.84 Å². The van der Waals surface area contributed by atoms with Crippen molar-refractivity contribution in [2.75, 3.05) is 0 Å². The predicted octanol–water partition coefficient (Wildman–Crippen LogP) is 3.24. The highest BCUT2D eigenvalue weighted by Crippen LogP contribution is 2.24. The molecule has 2 rings (SSSR count). The van der Waals surface area contributed by atoms with Crippen LogP contribution in [0.4, 0.5) is 0 Å². The standard InChI is InChI=1S/C14H12BrIN2O2/c15-11-7-9(14(19)18-17)5-6-10(11)8-20-13-4-2-1-3-12(13)16/h1-7H,8,17H2,(H,18,19). The fourth-order valence-electron chi connectivity index (χ4n) is 1.61. The lowest BCUT2D eigenvalue weighted by atomic mass is 10.1. The second-order valence-electron chi connectivity index (χ2n) is 4.00. The molecule has 0 radical (unpaired) electrons. The second kappa shape index (κ2) is 7.05. The van der Waals surface area contributed by atoms with Crippen LogP contribution in [-0.4, -0.2) is 5.91 Å². The van der Waals surface area contributed by atoms with Crippen LogP contribution in [0.5, 0.6) is 5.75 Å². The van der Waals surface area contributed by atoms with E-state index < -0.39 is 0 Å². The van der Waals surface area contributed by atoms with Crippen LogP contribution >= 0.6 is 38.5 Å². The first-order valence-corrected chi connectivity index (χ1v) is 7.65. The molecule has 4 nitrogen and oxygen atoms in total. The van der Waals surface area contributed by atoms with Crippen LogP contribution in [0.2, 0.25) is 0 Å². The number of benzene rings is 2. The molecule has 0 aliphatic rings. The molecule has 6 heteroatoms. The third-order valence-corrected chi connectivity index (χ3v) is 4.30. The molecule has 1 amide bonds. The Hall–Kier alpha value is -1.12. The number of carbonyl (C=O) groups excluding carboxylic acids is 1. The average molecular weight is 447 g/mol. The molecular weight excluding hydrogens is 435 g/mol. The van der Waals surface area contributed by atoms with Crippen molar-refractivity contribution in [2.45, 2.75) is 6.61 Å². The summed E-state index contributed by atoms with van der Waals surface area (Å²) in [7, 11) is 0. The van der Waals surface area contributed by atoms with Gasteiger partial charge in [0.25, 0.3) is 5.91 Å². The van der Waals surface area contributed by atoms with E-state index in [1.165, 1.54) is 0 Å². The fourth-order valence-corrected chi connectivity index (χ4v) is 2.64. The molecule has 0 fully saturated rings. The van der Waals surface area contributed by atoms with Crippen LogP contribution < -0.4 is 16.0 Å². The third kappa shape index (κ3) is 3.71. The monoisotopic (exact) mass is 446 g/mol. The van der Waals surface area contributed by atoms with E-state index in [0.717, 1.165) is 19.4 Å². The van der Waals surface area contributed by atoms with Crippen molar-refractivity contribution in [1.29, 1.82) is 0 Å². The summed E-state index contributed by atoms with van der Waals surface area (Å²) >= 11 is 5.66. The van der Waals surface area contributed by atoms with Crippen molar-refractivity contribution in [3.63, 3.8) is 0 Å². The Kier molecular flexibility index (Phi) is 5.38. The first-order valence-electron chi connectivity index (χ1n) is 5.78. The fraction of sp³-hybridized carbons (Fsp3) is 0.0714. The van der Waals surface area contributed by atoms with Crippen LogP contribution in [-0.2, 0) is 6.61 Å². The van der Waals surface area contributed by atoms with Crippen molar-refractivity contribution in [3.8, 4) is 5.75 Å². The molecule has 0 unspecified atom stereocenters. The number of hydrazine groups is 1. The molecule has 0 heterocycles. The molecule has 2 aromatic carbocycles. The number of rotatable bonds is 4. The van der Waals surface area contributed by atoms with Gasteiger partial charge in [-0.2, -0.15) is 0 Å². The van der Waals surface area contributed by atoms with Crippen molar-refractivity contribution < 1.29 is 9.53 Å². The van der Waals surface area contributed by atoms with Gasteiger partial charge in [0.2, 0.25) is 0 Å². The Morgan fingerprint density at radius 3 is 2.70 bits per heavy atom. The molecule has 0 spiro atoms. The lowest BCUT2D eigenvalue weighted by Crippen LogP contribution is -2.29. The SMILES string of the molecule is NNC(=O)c1ccc(COc2ccccc2I)c(Br)c1. The summed E-state index contributed by atoms with van der Waals surface area (Å²) in [5, 5.41) is 0. The first-order chi connectivity index (χ1) is 9.61. The number of hydrogen-bond acceptors (Lipinski definition) is 3. The van der Waals surface area contributed by atoms with Gasteiger partial charge in [-0.05, 0) is 46.9 Å². The molecule has 0 saturated carbocycles. The van der Waals surface area contributed by atoms with E-state index in [0.29, 0.717) is 12.2 Å². The van der Waals surface area contributed by atoms with Crippen molar-refractivity contribution in [1.82, 2.24) is 5.43 Å². The number of halogens is 2. The average Bonchev–Trinajstić information content (AvgIpc) is 2.46. The summed E-state index contributed by atoms with van der Waals surface area (Å²) in [6.45, 7) is 0.422. The Labute approximate surface area is 138 Å². The third-order valence-electron chi connectivity index (χ3n) is 2.67. The molecule has 0 atom stereocenters. The van der Waals surface area contributed by atoms with Gasteiger partial charge in [0.15, 0.2) is 0 Å². The zero-order valence-corrected chi connectivity index (χ0v) is 14.1. The number of hydrogen-bond donors (Lipinski definition) is 2. The summed E-state index contributed by atoms with van der Waals surface area (Å²) < 4.78 is 7.63. The molecule has 0 saturated heterocycles. The number of amides is 1. The van der Waals surface area contributed by atoms with Gasteiger partial charge in [-0.15, -0.1) is 0 Å². The molecule has 0 aromatic heterocycles. The summed E-state index contributed by atoms with van der Waals surface area (Å²) in [4.78, 5) is 11.4. The molecule has 3 N–H and O–H groups in total. The quantitative estimate of drug-likeness (QED) is 0.328. The van der Waals surface area contributed by atoms with Crippen LogP contribution in [0.25, 0.3) is 0 Å². The van der Waals surface area contributed by atoms with Gasteiger partial charge < -0.3 is 4.74 Å². The first kappa shape index (κ1) is 15.3. The zero-order valence-electron chi connectivity index (χ0n) is 10.4. The number of para-hydroxylation sites is 1. The minimum absolute atomic E-state index is 0.323. The van der Waals surface area contributed by atoms with Crippen molar-refractivity contribution in [2.24, 2.45) is 5.84 Å². The maximum Gasteiger partial charge on any atom is 0.265 e. The van der Waals surface area contributed by atoms with E-state index in [1.807, 2.05) is 30.3 Å². The van der Waals surface area contributed by atoms with Crippen LogP contribution in [0.1, 0.15) is 15.9 Å². The molecule has 0 bridgehead atoms. The van der Waals surface area contributed by atoms with E-state index in [4.69, 9.17) is 10.6 Å². The minimum atomic E-state index is -0.323. The van der Waals surface area contributed by atoms with Gasteiger partial charge in [0, 0.05) is 15.6 Å². The molecule has 104 valence electrons. The number of ether oxygens (including phenoxy) is 1. The van der Waals surface area contributed by atoms with Gasteiger partial charge in [-0.3, -0.25) is 10.2 Å². The van der Waals surface area contributed by atoms with Gasteiger partial charge in [-0.1, -0.05) is 34.1 Å². The molecule has 0 aliphatic carbocycles. The Morgan fingerprint density at radius 2 is 2.05 bits per heavy atom. The summed E-state index contributed by atoms with van der Waals surface area (Å²) in [6, 6.07) is 13.1. The Bertz CT molecular complexity index is 634. The van der Waals surface area contributed by atoms with E-state index >= 15 is 0 Å². The normalized spacial score (nSPS) is 10.2. The van der Waals surface area contributed by atoms with Crippen LogP contribution in [0.15, 0.2) is 46.9 Å². The van der Waals surface area contributed by atoms with Crippen LogP contribution in [0, 0.1) is 3.57 Å². The number of nitrogens with two attached hydrogens (primary N) is 1. The Morgan fingerprint density at radius 1 is 1.30 bits per heavy atom. The highest BCUT2D eigenvalue weighted by molar-refractivity contribution is 14.1. The second-order valence-corrected chi connectivity index (χ2v) is 6.02. The minimum Gasteiger partial charge on any atom is -0.488 e. The maximum atomic E-state index is 11.4. The van der Waals surface area contributed by atoms with E-state index in [2.05, 4.69) is 43.9 Å². The van der Waals surface area contributed by atoms with E-state index in [1.54, 1.807) is 12.1 Å². The highest BCUT2D eigenvalue weighted by Gasteiger charge is 2.08. The summed E-state index contributed by atoms with van der Waals surface area (Å²) in [6.07, 6.45) is 0. The molecule has 0 aliphatic heterocycles. The van der Waals surface area contributed by atoms with Crippen molar-refractivity contribution in [3.05, 3.63) is 61.6 Å². The number of nitrogen functional groups attached to an aromatic ring is 1. The van der Waals surface area contributed by atoms with Gasteiger partial charge in [0.05, 0.1) is 3.57 Å². The van der Waals surface area contributed by atoms with E-state index in [9.17, 15) is 4.79 Å². The lowest BCUT2D eigenvalue weighted by Gasteiger charge is -2.10. The van der Waals surface area contributed by atoms with Gasteiger partial charge in [0.1, 0.15) is 12.4 Å². The van der Waals surface area contributed by atoms with Gasteiger partial charge >= 0.3 is 0 Å². The summed E-state index contributed by atoms with van der Waals surface area (Å²) in [5.74, 6) is 5.62. The smallest absolute Gasteiger partial charge is 0.265 e. The zero-order chi connectivity index (χ0) is 14.5. The largest absolute Gasteiger partial charge is 0.488 e. The number of nitrogens with one attached hydrogen (secondary N) is 1. The highest BCUT2D eigenvalue weighted by atomic mass is 127. The van der Waals surface area contributed by atoms with E-state index in [-0.39, 0.29) is 5.91 Å². The molecular formula is C14H12BrIN2O2. The molecule has 20 heavy (non-hydrogen) atoms. The topological polar surface area (TPSA) is 64.3 Å². The van der Waals surface area contributed by atoms with Crippen LogP contribution in [0.3, 0.4) is 0 Å². The predicted molar refractivity (Wildman–Crippen MR) is 89.3 cm³/mol. The number of carbonyl (C=O) groups is 1. The maximum absolute atomic E-state index is 11.4. The molecule has 2 aromatic rings. The summed E-state index contributed by atoms with van der Waals surface area (Å²) in [5.41, 5.74) is 3.56. The Balaban J connectivity index is 2.11. The lowest BCUT2D eigenvalue weighted by molar-refractivity contribution is 0.0953. The van der Waals surface area contributed by atoms with Crippen molar-refractivity contribution >= 4 is 44.4 Å².